The molecule has 0 aliphatic carbocycles. The molecule has 0 aliphatic rings. The summed E-state index contributed by atoms with van der Waals surface area (Å²) in [6.07, 6.45) is 0. The Balaban J connectivity index is 6.55. The van der Waals surface area contributed by atoms with Crippen LogP contribution in [0.2, 0.25) is 39.3 Å². The Morgan fingerprint density at radius 3 is 0.739 bits per heavy atom. The van der Waals surface area contributed by atoms with Crippen molar-refractivity contribution < 1.29 is 0 Å². The fraction of sp³-hybridized carbons (Fsp3) is 1.00. The van der Waals surface area contributed by atoms with Crippen molar-refractivity contribution in [3.05, 3.63) is 0 Å². The summed E-state index contributed by atoms with van der Waals surface area (Å²) in [4.78, 5) is 0. The third kappa shape index (κ3) is 7.10. The maximum Gasteiger partial charge on any atom is 0.0781 e. The fourth-order valence-electron chi connectivity index (χ4n) is 3.84. The molecule has 2 atom stereocenters. The van der Waals surface area contributed by atoms with Crippen LogP contribution in [0, 0.1) is 0 Å². The fourth-order valence-corrected chi connectivity index (χ4v) is 78.4. The van der Waals surface area contributed by atoms with Gasteiger partial charge in [0.05, 0.1) is 15.5 Å². The van der Waals surface area contributed by atoms with E-state index >= 15 is 0 Å². The van der Waals surface area contributed by atoms with E-state index in [9.17, 15) is 0 Å². The van der Waals surface area contributed by atoms with Gasteiger partial charge in [-0.15, -0.1) is 0 Å². The van der Waals surface area contributed by atoms with E-state index in [-0.39, 0.29) is 21.6 Å². The lowest BCUT2D eigenvalue weighted by atomic mass is 10.3. The van der Waals surface area contributed by atoms with E-state index in [1.807, 2.05) is 0 Å². The third-order valence-electron chi connectivity index (χ3n) is 3.52. The van der Waals surface area contributed by atoms with Gasteiger partial charge in [-0.3, -0.25) is 0 Å². The van der Waals surface area contributed by atoms with Crippen molar-refractivity contribution in [1.29, 1.82) is 0 Å². The van der Waals surface area contributed by atoms with Crippen molar-refractivity contribution in [3.8, 4) is 0 Å². The second kappa shape index (κ2) is 7.39. The molecule has 0 heterocycles. The number of hydrogen-bond acceptors (Lipinski definition) is 0. The van der Waals surface area contributed by atoms with Crippen molar-refractivity contribution in [2.45, 2.75) is 117 Å². The van der Waals surface area contributed by atoms with Gasteiger partial charge in [0, 0.05) is 0 Å². The van der Waals surface area contributed by atoms with Crippen molar-refractivity contribution in [1.82, 2.24) is 0 Å². The Morgan fingerprint density at radius 2 is 0.652 bits per heavy atom. The number of hydrogen-bond donors (Lipinski definition) is 0. The molecule has 0 spiro atoms. The maximum atomic E-state index is 2.66. The van der Waals surface area contributed by atoms with Gasteiger partial charge in [0.15, 0.2) is 0 Å². The van der Waals surface area contributed by atoms with Crippen LogP contribution in [-0.2, 0) is 0 Å². The Morgan fingerprint density at radius 1 is 0.435 bits per heavy atom. The van der Waals surface area contributed by atoms with Crippen LogP contribution in [0.25, 0.3) is 0 Å². The summed E-state index contributed by atoms with van der Waals surface area (Å²) in [7, 11) is -2.08. The highest BCUT2D eigenvalue weighted by Crippen LogP contribution is 2.99. The monoisotopic (exact) mass is 410 g/mol. The second-order valence-corrected chi connectivity index (χ2v) is 45.0. The molecule has 2 unspecified atom stereocenters. The zero-order valence-corrected chi connectivity index (χ0v) is 23.5. The first-order chi connectivity index (χ1) is 9.61. The van der Waals surface area contributed by atoms with E-state index in [0.717, 1.165) is 0 Å². The molecular weight excluding hydrogens is 365 g/mol. The zero-order chi connectivity index (χ0) is 19.2. The molecule has 0 fully saturated rings. The first-order valence-corrected chi connectivity index (χ1v) is 23.1. The smallest absolute Gasteiger partial charge is 0.0781 e. The molecule has 0 saturated carbocycles. The van der Waals surface area contributed by atoms with Gasteiger partial charge in [-0.25, -0.2) is 0 Å². The molecule has 5 heteroatoms. The van der Waals surface area contributed by atoms with E-state index in [4.69, 9.17) is 0 Å². The molecule has 0 saturated heterocycles. The van der Waals surface area contributed by atoms with Crippen LogP contribution >= 0.6 is 21.6 Å². The molecule has 0 amide bonds. The van der Waals surface area contributed by atoms with E-state index < -0.39 is 15.5 Å². The summed E-state index contributed by atoms with van der Waals surface area (Å²) in [5.74, 6) is 0. The minimum absolute atomic E-state index is 0.0723. The molecule has 140 valence electrons. The van der Waals surface area contributed by atoms with E-state index in [0.29, 0.717) is 15.5 Å². The SMILES string of the molecule is CC(C)(C)P(P(C(C)(C)C)[Si](C)(C)C)P(C(C)(C)C)[Si](C)(C)C. The molecule has 0 rings (SSSR count). The topological polar surface area (TPSA) is 0 Å². The largest absolute Gasteiger partial charge is 0.0839 e. The summed E-state index contributed by atoms with van der Waals surface area (Å²) in [5, 5.41) is 1.46. The van der Waals surface area contributed by atoms with Crippen LogP contribution in [0.15, 0.2) is 0 Å². The normalized spacial score (nSPS) is 19.4. The summed E-state index contributed by atoms with van der Waals surface area (Å²) >= 11 is 0. The van der Waals surface area contributed by atoms with Crippen LogP contribution in [0.1, 0.15) is 62.3 Å². The van der Waals surface area contributed by atoms with Gasteiger partial charge in [0.1, 0.15) is 0 Å². The molecular formula is C18H45P3Si2. The quantitative estimate of drug-likeness (QED) is 0.320. The third-order valence-corrected chi connectivity index (χ3v) is 52.3. The summed E-state index contributed by atoms with van der Waals surface area (Å²) in [5.41, 5.74) is 0. The first kappa shape index (κ1) is 24.7. The van der Waals surface area contributed by atoms with Crippen molar-refractivity contribution in [3.63, 3.8) is 0 Å². The minimum atomic E-state index is -1.18. The van der Waals surface area contributed by atoms with Crippen molar-refractivity contribution >= 4 is 37.1 Å². The van der Waals surface area contributed by atoms with Crippen molar-refractivity contribution in [2.75, 3.05) is 0 Å². The van der Waals surface area contributed by atoms with Gasteiger partial charge < -0.3 is 0 Å². The van der Waals surface area contributed by atoms with Gasteiger partial charge in [-0.05, 0) is 15.5 Å². The van der Waals surface area contributed by atoms with Gasteiger partial charge in [-0.2, -0.15) is 0 Å². The highest BCUT2D eigenvalue weighted by Gasteiger charge is 2.53. The van der Waals surface area contributed by atoms with Crippen molar-refractivity contribution in [2.24, 2.45) is 0 Å². The number of rotatable bonds is 4. The zero-order valence-electron chi connectivity index (χ0n) is 18.8. The molecule has 0 aromatic rings. The van der Waals surface area contributed by atoms with E-state index in [1.165, 1.54) is 0 Å². The molecule has 0 aliphatic heterocycles. The van der Waals surface area contributed by atoms with Crippen LogP contribution in [-0.4, -0.2) is 31.0 Å². The predicted octanol–water partition coefficient (Wildman–Crippen LogP) is 9.33. The molecule has 0 nitrogen and oxygen atoms in total. The Labute approximate surface area is 154 Å². The standard InChI is InChI=1S/C18H45P3Si2/c1-16(2,3)19(20(17(4,5)6)22(10,11)12)21(18(7,8)9)23(13,14)15/h1-15H3. The van der Waals surface area contributed by atoms with Crippen LogP contribution < -0.4 is 0 Å². The summed E-state index contributed by atoms with van der Waals surface area (Å²) in [6.45, 7) is 39.0. The highest BCUT2D eigenvalue weighted by atomic mass is 32.6. The molecule has 0 radical (unpaired) electrons. The van der Waals surface area contributed by atoms with E-state index in [2.05, 4.69) is 102 Å². The maximum absolute atomic E-state index is 2.66. The van der Waals surface area contributed by atoms with Gasteiger partial charge in [0.25, 0.3) is 0 Å². The predicted molar refractivity (Wildman–Crippen MR) is 127 cm³/mol. The summed E-state index contributed by atoms with van der Waals surface area (Å²) < 4.78 is 0. The lowest BCUT2D eigenvalue weighted by Crippen LogP contribution is -2.35. The van der Waals surface area contributed by atoms with Gasteiger partial charge >= 0.3 is 0 Å². The first-order valence-electron chi connectivity index (χ1n) is 9.02. The Bertz CT molecular complexity index is 327. The van der Waals surface area contributed by atoms with Gasteiger partial charge in [-0.1, -0.05) is 123 Å². The van der Waals surface area contributed by atoms with Crippen LogP contribution in [0.4, 0.5) is 0 Å². The van der Waals surface area contributed by atoms with Crippen LogP contribution in [0.5, 0.6) is 0 Å². The molecule has 0 bridgehead atoms. The molecule has 0 N–H and O–H groups in total. The average Bonchev–Trinajstić information content (AvgIpc) is 2.04. The Hall–Kier alpha value is 1.72. The molecule has 23 heavy (non-hydrogen) atoms. The Kier molecular flexibility index (Phi) is 7.94. The lowest BCUT2D eigenvalue weighted by Gasteiger charge is -2.59. The second-order valence-electron chi connectivity index (χ2n) is 11.8. The molecule has 0 aromatic carbocycles. The highest BCUT2D eigenvalue weighted by molar-refractivity contribution is 8.74. The van der Waals surface area contributed by atoms with Crippen LogP contribution in [0.3, 0.4) is 0 Å². The summed E-state index contributed by atoms with van der Waals surface area (Å²) in [6, 6.07) is 0. The lowest BCUT2D eigenvalue weighted by molar-refractivity contribution is 0.777. The molecule has 0 aromatic heterocycles. The van der Waals surface area contributed by atoms with Gasteiger partial charge in [0.2, 0.25) is 0 Å². The van der Waals surface area contributed by atoms with E-state index in [1.54, 1.807) is 0 Å². The minimum Gasteiger partial charge on any atom is -0.0839 e. The average molecular weight is 411 g/mol.